The lowest BCUT2D eigenvalue weighted by atomic mass is 10.0. The van der Waals surface area contributed by atoms with Gasteiger partial charge in [-0.25, -0.2) is 8.78 Å². The Morgan fingerprint density at radius 3 is 2.29 bits per heavy atom. The molecule has 0 aromatic heterocycles. The van der Waals surface area contributed by atoms with Gasteiger partial charge in [0.1, 0.15) is 0 Å². The van der Waals surface area contributed by atoms with Gasteiger partial charge in [0.25, 0.3) is 5.92 Å². The van der Waals surface area contributed by atoms with Crippen molar-refractivity contribution in [3.05, 3.63) is 35.9 Å². The van der Waals surface area contributed by atoms with Crippen LogP contribution in [0.1, 0.15) is 18.4 Å². The molecule has 1 aliphatic rings. The van der Waals surface area contributed by atoms with Crippen molar-refractivity contribution in [1.29, 1.82) is 0 Å². The summed E-state index contributed by atoms with van der Waals surface area (Å²) in [7, 11) is 0. The molecule has 0 saturated heterocycles. The first-order valence-corrected chi connectivity index (χ1v) is 4.67. The zero-order valence-corrected chi connectivity index (χ0v) is 8.00. The lowest BCUT2D eigenvalue weighted by Gasteiger charge is -2.04. The molecular weight excluding hydrogens is 184 g/mol. The van der Waals surface area contributed by atoms with E-state index in [1.165, 1.54) is 0 Å². The van der Waals surface area contributed by atoms with Crippen LogP contribution >= 0.6 is 0 Å². The average Bonchev–Trinajstić information content (AvgIpc) is 2.63. The summed E-state index contributed by atoms with van der Waals surface area (Å²) < 4.78 is 26.9. The van der Waals surface area contributed by atoms with Crippen molar-refractivity contribution < 1.29 is 8.78 Å². The molecule has 2 atom stereocenters. The summed E-state index contributed by atoms with van der Waals surface area (Å²) in [6, 6.07) is 8.85. The summed E-state index contributed by atoms with van der Waals surface area (Å²) in [4.78, 5) is 0. The van der Waals surface area contributed by atoms with Gasteiger partial charge in [-0.1, -0.05) is 37.3 Å². The highest BCUT2D eigenvalue weighted by molar-refractivity contribution is 5.37. The standard InChI is InChI=1S/C11H13F2N/c1-10(7-14)9(11(10,12)13)8-5-3-2-4-6-8/h2-6,9H,7,14H2,1H3/t9-,10+/m0/s1. The maximum Gasteiger partial charge on any atom is 0.262 e. The number of nitrogens with two attached hydrogens (primary N) is 1. The molecule has 2 rings (SSSR count). The van der Waals surface area contributed by atoms with Gasteiger partial charge in [0, 0.05) is 6.54 Å². The number of hydrogen-bond donors (Lipinski definition) is 1. The Labute approximate surface area is 81.9 Å². The van der Waals surface area contributed by atoms with Crippen LogP contribution in [0.15, 0.2) is 30.3 Å². The van der Waals surface area contributed by atoms with Gasteiger partial charge in [0.15, 0.2) is 0 Å². The molecule has 0 radical (unpaired) electrons. The van der Waals surface area contributed by atoms with Gasteiger partial charge in [-0.2, -0.15) is 0 Å². The first-order valence-electron chi connectivity index (χ1n) is 4.67. The molecule has 2 N–H and O–H groups in total. The van der Waals surface area contributed by atoms with Gasteiger partial charge in [-0.05, 0) is 5.56 Å². The van der Waals surface area contributed by atoms with Crippen molar-refractivity contribution >= 4 is 0 Å². The minimum Gasteiger partial charge on any atom is -0.330 e. The van der Waals surface area contributed by atoms with E-state index >= 15 is 0 Å². The van der Waals surface area contributed by atoms with Crippen LogP contribution in [-0.4, -0.2) is 12.5 Å². The normalized spacial score (nSPS) is 34.1. The molecule has 0 heterocycles. The van der Waals surface area contributed by atoms with Crippen LogP contribution in [-0.2, 0) is 0 Å². The van der Waals surface area contributed by atoms with Crippen molar-refractivity contribution in [3.63, 3.8) is 0 Å². The molecule has 14 heavy (non-hydrogen) atoms. The molecule has 1 saturated carbocycles. The second-order valence-electron chi connectivity index (χ2n) is 4.09. The minimum atomic E-state index is -2.65. The minimum absolute atomic E-state index is 0.0273. The van der Waals surface area contributed by atoms with E-state index in [0.717, 1.165) is 0 Å². The largest absolute Gasteiger partial charge is 0.330 e. The number of rotatable bonds is 2. The molecule has 1 aromatic rings. The molecule has 0 amide bonds. The van der Waals surface area contributed by atoms with Gasteiger partial charge in [0.05, 0.1) is 11.3 Å². The Hall–Kier alpha value is -0.960. The number of halogens is 2. The Morgan fingerprint density at radius 1 is 1.29 bits per heavy atom. The van der Waals surface area contributed by atoms with Crippen molar-refractivity contribution in [2.24, 2.45) is 11.1 Å². The summed E-state index contributed by atoms with van der Waals surface area (Å²) in [5.74, 6) is -3.36. The fourth-order valence-corrected chi connectivity index (χ4v) is 2.06. The van der Waals surface area contributed by atoms with E-state index < -0.39 is 17.3 Å². The monoisotopic (exact) mass is 197 g/mol. The fourth-order valence-electron chi connectivity index (χ4n) is 2.06. The molecule has 1 aliphatic carbocycles. The smallest absolute Gasteiger partial charge is 0.262 e. The number of hydrogen-bond acceptors (Lipinski definition) is 1. The van der Waals surface area contributed by atoms with E-state index in [4.69, 9.17) is 5.73 Å². The first kappa shape index (κ1) is 9.59. The molecule has 1 fully saturated rings. The van der Waals surface area contributed by atoms with Crippen molar-refractivity contribution in [1.82, 2.24) is 0 Å². The van der Waals surface area contributed by atoms with Crippen molar-refractivity contribution in [2.75, 3.05) is 6.54 Å². The highest BCUT2D eigenvalue weighted by Crippen LogP contribution is 2.70. The lowest BCUT2D eigenvalue weighted by Crippen LogP contribution is -2.18. The number of benzene rings is 1. The van der Waals surface area contributed by atoms with Crippen LogP contribution < -0.4 is 5.73 Å². The van der Waals surface area contributed by atoms with Gasteiger partial charge in [-0.3, -0.25) is 0 Å². The second-order valence-corrected chi connectivity index (χ2v) is 4.09. The third-order valence-electron chi connectivity index (χ3n) is 3.23. The Bertz CT molecular complexity index is 336. The average molecular weight is 197 g/mol. The van der Waals surface area contributed by atoms with E-state index in [-0.39, 0.29) is 6.54 Å². The van der Waals surface area contributed by atoms with Crippen molar-refractivity contribution in [3.8, 4) is 0 Å². The van der Waals surface area contributed by atoms with Crippen LogP contribution in [0.3, 0.4) is 0 Å². The zero-order chi connectivity index (χ0) is 10.4. The molecule has 0 aliphatic heterocycles. The second kappa shape index (κ2) is 2.76. The summed E-state index contributed by atoms with van der Waals surface area (Å²) in [6.45, 7) is 1.57. The predicted octanol–water partition coefficient (Wildman–Crippen LogP) is 2.38. The van der Waals surface area contributed by atoms with E-state index in [1.807, 2.05) is 6.07 Å². The van der Waals surface area contributed by atoms with Crippen molar-refractivity contribution in [2.45, 2.75) is 18.8 Å². The molecule has 0 unspecified atom stereocenters. The third-order valence-corrected chi connectivity index (χ3v) is 3.23. The highest BCUT2D eigenvalue weighted by Gasteiger charge is 2.77. The lowest BCUT2D eigenvalue weighted by molar-refractivity contribution is 0.0697. The number of alkyl halides is 2. The molecule has 1 aromatic carbocycles. The van der Waals surface area contributed by atoms with E-state index in [1.54, 1.807) is 31.2 Å². The Morgan fingerprint density at radius 2 is 1.86 bits per heavy atom. The zero-order valence-electron chi connectivity index (χ0n) is 8.00. The quantitative estimate of drug-likeness (QED) is 0.774. The topological polar surface area (TPSA) is 26.0 Å². The summed E-state index contributed by atoms with van der Waals surface area (Å²) in [5, 5.41) is 0. The predicted molar refractivity (Wildman–Crippen MR) is 51.3 cm³/mol. The van der Waals surface area contributed by atoms with E-state index in [9.17, 15) is 8.78 Å². The van der Waals surface area contributed by atoms with Crippen LogP contribution in [0, 0.1) is 5.41 Å². The summed E-state index contributed by atoms with van der Waals surface area (Å²) in [6.07, 6.45) is 0. The van der Waals surface area contributed by atoms with E-state index in [0.29, 0.717) is 5.56 Å². The summed E-state index contributed by atoms with van der Waals surface area (Å²) in [5.41, 5.74) is 5.03. The van der Waals surface area contributed by atoms with Gasteiger partial charge < -0.3 is 5.73 Å². The van der Waals surface area contributed by atoms with Gasteiger partial charge >= 0.3 is 0 Å². The fraction of sp³-hybridized carbons (Fsp3) is 0.455. The van der Waals surface area contributed by atoms with Gasteiger partial charge in [0.2, 0.25) is 0 Å². The van der Waals surface area contributed by atoms with Crippen LogP contribution in [0.5, 0.6) is 0 Å². The van der Waals surface area contributed by atoms with Gasteiger partial charge in [-0.15, -0.1) is 0 Å². The van der Waals surface area contributed by atoms with Crippen LogP contribution in [0.25, 0.3) is 0 Å². The molecule has 1 nitrogen and oxygen atoms in total. The SMILES string of the molecule is C[C@@]1(CN)[C@H](c2ccccc2)C1(F)F. The molecule has 0 bridgehead atoms. The maximum absolute atomic E-state index is 13.5. The highest BCUT2D eigenvalue weighted by atomic mass is 19.3. The maximum atomic E-state index is 13.5. The summed E-state index contributed by atoms with van der Waals surface area (Å²) >= 11 is 0. The first-order chi connectivity index (χ1) is 6.54. The molecule has 0 spiro atoms. The molecule has 3 heteroatoms. The third kappa shape index (κ3) is 1.02. The Balaban J connectivity index is 2.32. The van der Waals surface area contributed by atoms with Crippen LogP contribution in [0.2, 0.25) is 0 Å². The Kier molecular flexibility index (Phi) is 1.89. The van der Waals surface area contributed by atoms with Crippen LogP contribution in [0.4, 0.5) is 8.78 Å². The van der Waals surface area contributed by atoms with E-state index in [2.05, 4.69) is 0 Å². The molecular formula is C11H13F2N. The molecule has 76 valence electrons.